The molecule has 1 heterocycles. The lowest BCUT2D eigenvalue weighted by molar-refractivity contribution is -0.687. The molecule has 0 atom stereocenters. The molecule has 3 aromatic rings. The second-order valence-corrected chi connectivity index (χ2v) is 4.87. The molecule has 0 fully saturated rings. The molecule has 23 heavy (non-hydrogen) atoms. The largest absolute Gasteiger partial charge is 0.383 e. The van der Waals surface area contributed by atoms with Crippen molar-refractivity contribution in [2.45, 2.75) is 6.61 Å². The number of aliphatic hydroxyl groups is 1. The van der Waals surface area contributed by atoms with Crippen LogP contribution in [0.4, 0.5) is 0 Å². The van der Waals surface area contributed by atoms with Gasteiger partial charge in [0.15, 0.2) is 12.4 Å². The van der Waals surface area contributed by atoms with Gasteiger partial charge in [0.1, 0.15) is 6.61 Å². The molecule has 3 rings (SSSR count). The molecule has 0 bridgehead atoms. The van der Waals surface area contributed by atoms with Crippen molar-refractivity contribution in [3.8, 4) is 0 Å². The quantitative estimate of drug-likeness (QED) is 0.569. The molecule has 5 nitrogen and oxygen atoms in total. The summed E-state index contributed by atoms with van der Waals surface area (Å²) in [6.45, 7) is -0.161. The minimum absolute atomic E-state index is 0.161. The highest BCUT2D eigenvalue weighted by molar-refractivity contribution is 5.79. The maximum absolute atomic E-state index is 9.59. The molecule has 0 aliphatic heterocycles. The Balaban J connectivity index is 1.82. The minimum atomic E-state index is -0.161. The molecular formula is C18H17N4O+. The lowest BCUT2D eigenvalue weighted by Crippen LogP contribution is -2.31. The predicted octanol–water partition coefficient (Wildman–Crippen LogP) is 2.03. The smallest absolute Gasteiger partial charge is 0.333 e. The first-order valence-electron chi connectivity index (χ1n) is 7.28. The predicted molar refractivity (Wildman–Crippen MR) is 89.4 cm³/mol. The van der Waals surface area contributed by atoms with E-state index in [0.717, 1.165) is 11.1 Å². The molecule has 0 aliphatic rings. The van der Waals surface area contributed by atoms with Gasteiger partial charge in [-0.25, -0.2) is 0 Å². The highest BCUT2D eigenvalue weighted by Crippen LogP contribution is 1.99. The standard InChI is InChI=1S/C18H17N4O/c23-15-18-21(19-13-16-7-3-1-4-8-16)11-12-22(18)20-14-17-9-5-2-6-10-17/h1-14,23H,15H2/q+1/b19-13+,20-14+. The summed E-state index contributed by atoms with van der Waals surface area (Å²) >= 11 is 0. The molecule has 2 aromatic carbocycles. The van der Waals surface area contributed by atoms with Crippen LogP contribution in [0, 0.1) is 0 Å². The van der Waals surface area contributed by atoms with Crippen molar-refractivity contribution in [2.24, 2.45) is 10.2 Å². The molecule has 0 amide bonds. The first kappa shape index (κ1) is 14.9. The number of imidazole rings is 1. The summed E-state index contributed by atoms with van der Waals surface area (Å²) in [5.74, 6) is 0.573. The molecule has 1 N–H and O–H groups in total. The van der Waals surface area contributed by atoms with Crippen LogP contribution in [0.1, 0.15) is 17.0 Å². The minimum Gasteiger partial charge on any atom is -0.383 e. The highest BCUT2D eigenvalue weighted by Gasteiger charge is 2.15. The van der Waals surface area contributed by atoms with E-state index >= 15 is 0 Å². The zero-order valence-corrected chi connectivity index (χ0v) is 12.5. The molecule has 0 radical (unpaired) electrons. The maximum atomic E-state index is 9.59. The fourth-order valence-corrected chi connectivity index (χ4v) is 2.09. The number of nitrogens with zero attached hydrogens (tertiary/aromatic N) is 4. The monoisotopic (exact) mass is 305 g/mol. The van der Waals surface area contributed by atoms with Crippen molar-refractivity contribution >= 4 is 12.4 Å². The molecular weight excluding hydrogens is 288 g/mol. The van der Waals surface area contributed by atoms with Gasteiger partial charge < -0.3 is 5.11 Å². The summed E-state index contributed by atoms with van der Waals surface area (Å²) in [7, 11) is 0. The molecule has 0 unspecified atom stereocenters. The van der Waals surface area contributed by atoms with E-state index in [9.17, 15) is 5.11 Å². The normalized spacial score (nSPS) is 11.5. The van der Waals surface area contributed by atoms with Crippen LogP contribution < -0.4 is 4.68 Å². The van der Waals surface area contributed by atoms with Crippen LogP contribution in [0.5, 0.6) is 0 Å². The summed E-state index contributed by atoms with van der Waals surface area (Å²) < 4.78 is 3.21. The van der Waals surface area contributed by atoms with Gasteiger partial charge in [0.2, 0.25) is 0 Å². The molecule has 5 heteroatoms. The zero-order chi connectivity index (χ0) is 15.9. The Morgan fingerprint density at radius 2 is 1.52 bits per heavy atom. The van der Waals surface area contributed by atoms with Gasteiger partial charge >= 0.3 is 5.82 Å². The van der Waals surface area contributed by atoms with Crippen molar-refractivity contribution < 1.29 is 9.78 Å². The Morgan fingerprint density at radius 1 is 0.913 bits per heavy atom. The Kier molecular flexibility index (Phi) is 4.71. The van der Waals surface area contributed by atoms with Gasteiger partial charge in [0.25, 0.3) is 0 Å². The van der Waals surface area contributed by atoms with Crippen molar-refractivity contribution in [1.29, 1.82) is 0 Å². The van der Waals surface area contributed by atoms with Crippen LogP contribution >= 0.6 is 0 Å². The number of aliphatic hydroxyl groups excluding tert-OH is 1. The van der Waals surface area contributed by atoms with E-state index in [-0.39, 0.29) is 6.61 Å². The van der Waals surface area contributed by atoms with Gasteiger partial charge in [0.05, 0.1) is 12.4 Å². The van der Waals surface area contributed by atoms with Crippen molar-refractivity contribution in [3.63, 3.8) is 0 Å². The van der Waals surface area contributed by atoms with Crippen molar-refractivity contribution in [3.05, 3.63) is 90.0 Å². The Morgan fingerprint density at radius 3 is 2.13 bits per heavy atom. The highest BCUT2D eigenvalue weighted by atomic mass is 16.3. The number of aromatic nitrogens is 2. The molecule has 0 saturated carbocycles. The van der Waals surface area contributed by atoms with E-state index < -0.39 is 0 Å². The second kappa shape index (κ2) is 7.29. The topological polar surface area (TPSA) is 53.8 Å². The second-order valence-electron chi connectivity index (χ2n) is 4.87. The van der Waals surface area contributed by atoms with Crippen molar-refractivity contribution in [1.82, 2.24) is 4.68 Å². The lowest BCUT2D eigenvalue weighted by atomic mass is 10.2. The molecule has 114 valence electrons. The van der Waals surface area contributed by atoms with Crippen LogP contribution in [0.2, 0.25) is 0 Å². The third kappa shape index (κ3) is 3.78. The van der Waals surface area contributed by atoms with E-state index in [1.54, 1.807) is 34.2 Å². The first-order chi connectivity index (χ1) is 11.4. The summed E-state index contributed by atoms with van der Waals surface area (Å²) in [6, 6.07) is 19.6. The van der Waals surface area contributed by atoms with E-state index in [1.807, 2.05) is 60.7 Å². The van der Waals surface area contributed by atoms with Gasteiger partial charge in [-0.3, -0.25) is 0 Å². The average Bonchev–Trinajstić information content (AvgIpc) is 3.02. The molecule has 0 saturated heterocycles. The van der Waals surface area contributed by atoms with E-state index in [1.165, 1.54) is 0 Å². The van der Waals surface area contributed by atoms with Gasteiger partial charge in [-0.2, -0.15) is 0 Å². The first-order valence-corrected chi connectivity index (χ1v) is 7.28. The summed E-state index contributed by atoms with van der Waals surface area (Å²) in [4.78, 5) is 0. The van der Waals surface area contributed by atoms with E-state index in [2.05, 4.69) is 10.2 Å². The number of hydrogen-bond acceptors (Lipinski definition) is 3. The number of rotatable bonds is 5. The molecule has 1 aromatic heterocycles. The van der Waals surface area contributed by atoms with E-state index in [0.29, 0.717) is 5.82 Å². The van der Waals surface area contributed by atoms with Crippen LogP contribution in [0.25, 0.3) is 0 Å². The van der Waals surface area contributed by atoms with Gasteiger partial charge in [0, 0.05) is 0 Å². The fourth-order valence-electron chi connectivity index (χ4n) is 2.09. The molecule has 0 aliphatic carbocycles. The van der Waals surface area contributed by atoms with Crippen LogP contribution in [0.15, 0.2) is 83.3 Å². The fraction of sp³-hybridized carbons (Fsp3) is 0.0556. The third-order valence-corrected chi connectivity index (χ3v) is 3.28. The summed E-state index contributed by atoms with van der Waals surface area (Å²) in [6.07, 6.45) is 7.00. The van der Waals surface area contributed by atoms with Crippen molar-refractivity contribution in [2.75, 3.05) is 0 Å². The molecule has 0 spiro atoms. The third-order valence-electron chi connectivity index (χ3n) is 3.28. The zero-order valence-electron chi connectivity index (χ0n) is 12.5. The SMILES string of the molecule is OCc1n(/N=C/c2ccccc2)cc[n+]1/N=C/c1ccccc1. The Hall–Kier alpha value is -3.05. The van der Waals surface area contributed by atoms with E-state index in [4.69, 9.17) is 0 Å². The summed E-state index contributed by atoms with van der Waals surface area (Å²) in [5.41, 5.74) is 1.98. The summed E-state index contributed by atoms with van der Waals surface area (Å²) in [5, 5.41) is 18.3. The van der Waals surface area contributed by atoms with Crippen LogP contribution in [-0.4, -0.2) is 22.2 Å². The Labute approximate surface area is 134 Å². The maximum Gasteiger partial charge on any atom is 0.333 e. The van der Waals surface area contributed by atoms with Gasteiger partial charge in [-0.1, -0.05) is 70.9 Å². The Bertz CT molecular complexity index is 741. The number of benzene rings is 2. The van der Waals surface area contributed by atoms with Crippen LogP contribution in [0.3, 0.4) is 0 Å². The van der Waals surface area contributed by atoms with Crippen LogP contribution in [-0.2, 0) is 6.61 Å². The van der Waals surface area contributed by atoms with Gasteiger partial charge in [-0.15, -0.1) is 9.35 Å². The lowest BCUT2D eigenvalue weighted by Gasteiger charge is -1.94. The average molecular weight is 305 g/mol. The van der Waals surface area contributed by atoms with Gasteiger partial charge in [-0.05, 0) is 11.1 Å². The number of hydrogen-bond donors (Lipinski definition) is 1.